The first kappa shape index (κ1) is 16.7. The summed E-state index contributed by atoms with van der Waals surface area (Å²) in [6.45, 7) is 3.95. The third-order valence-electron chi connectivity index (χ3n) is 5.17. The first-order valence-electron chi connectivity index (χ1n) is 7.91. The molecule has 0 spiro atoms. The van der Waals surface area contributed by atoms with E-state index in [0.717, 1.165) is 24.0 Å². The molecule has 0 unspecified atom stereocenters. The Balaban J connectivity index is 1.91. The van der Waals surface area contributed by atoms with E-state index in [1.165, 1.54) is 11.3 Å². The van der Waals surface area contributed by atoms with Gasteiger partial charge in [-0.25, -0.2) is 0 Å². The van der Waals surface area contributed by atoms with Gasteiger partial charge in [-0.05, 0) is 50.0 Å². The second-order valence-electron chi connectivity index (χ2n) is 6.65. The number of amides is 2. The van der Waals surface area contributed by atoms with E-state index >= 15 is 0 Å². The second-order valence-corrected chi connectivity index (χ2v) is 7.57. The van der Waals surface area contributed by atoms with Crippen molar-refractivity contribution in [1.82, 2.24) is 0 Å². The lowest BCUT2D eigenvalue weighted by Crippen LogP contribution is -2.38. The Hall–Kier alpha value is -2.15. The summed E-state index contributed by atoms with van der Waals surface area (Å²) in [7, 11) is 0. The maximum Gasteiger partial charge on any atom is 0.307 e. The number of primary amides is 1. The van der Waals surface area contributed by atoms with Crippen LogP contribution in [0, 0.1) is 23.7 Å². The molecule has 3 rings (SSSR count). The lowest BCUT2D eigenvalue weighted by atomic mass is 9.79. The average Bonchev–Trinajstić information content (AvgIpc) is 3.18. The van der Waals surface area contributed by atoms with Crippen LogP contribution in [0.1, 0.15) is 37.0 Å². The van der Waals surface area contributed by atoms with Gasteiger partial charge in [-0.2, -0.15) is 0 Å². The zero-order valence-corrected chi connectivity index (χ0v) is 14.4. The molecular formula is C17H20N2O4S. The van der Waals surface area contributed by atoms with Crippen LogP contribution < -0.4 is 11.1 Å². The van der Waals surface area contributed by atoms with Crippen molar-refractivity contribution in [1.29, 1.82) is 0 Å². The molecule has 0 radical (unpaired) electrons. The number of hydrogen-bond acceptors (Lipinski definition) is 4. The highest BCUT2D eigenvalue weighted by Gasteiger charge is 2.57. The number of carbonyl (C=O) groups is 3. The number of carboxylic acid groups (broad SMARTS) is 1. The van der Waals surface area contributed by atoms with Crippen molar-refractivity contribution >= 4 is 34.1 Å². The molecule has 2 aliphatic rings. The number of nitrogens with two attached hydrogens (primary N) is 1. The van der Waals surface area contributed by atoms with Gasteiger partial charge in [-0.1, -0.05) is 11.1 Å². The Morgan fingerprint density at radius 2 is 1.83 bits per heavy atom. The quantitative estimate of drug-likeness (QED) is 0.726. The Labute approximate surface area is 143 Å². The minimum atomic E-state index is -0.928. The first-order chi connectivity index (χ1) is 11.3. The molecule has 0 aromatic carbocycles. The van der Waals surface area contributed by atoms with E-state index < -0.39 is 23.7 Å². The van der Waals surface area contributed by atoms with E-state index in [0.29, 0.717) is 5.00 Å². The largest absolute Gasteiger partial charge is 0.481 e. The zero-order valence-electron chi connectivity index (χ0n) is 13.5. The van der Waals surface area contributed by atoms with Gasteiger partial charge in [-0.15, -0.1) is 11.3 Å². The first-order valence-corrected chi connectivity index (χ1v) is 8.79. The van der Waals surface area contributed by atoms with Crippen LogP contribution in [0.25, 0.3) is 0 Å². The van der Waals surface area contributed by atoms with Crippen LogP contribution in [0.15, 0.2) is 22.6 Å². The topological polar surface area (TPSA) is 109 Å². The molecule has 2 aliphatic carbocycles. The van der Waals surface area contributed by atoms with Crippen molar-refractivity contribution in [3.8, 4) is 0 Å². The van der Waals surface area contributed by atoms with E-state index in [4.69, 9.17) is 5.73 Å². The number of anilines is 1. The van der Waals surface area contributed by atoms with Gasteiger partial charge in [0.05, 0.1) is 17.4 Å². The molecule has 2 saturated carbocycles. The highest BCUT2D eigenvalue weighted by atomic mass is 32.1. The summed E-state index contributed by atoms with van der Waals surface area (Å²) in [4.78, 5) is 36.0. The Morgan fingerprint density at radius 3 is 2.38 bits per heavy atom. The second kappa shape index (κ2) is 6.05. The summed E-state index contributed by atoms with van der Waals surface area (Å²) < 4.78 is 0. The molecule has 0 aliphatic heterocycles. The highest BCUT2D eigenvalue weighted by Crippen LogP contribution is 2.57. The molecule has 1 aromatic rings. The molecular weight excluding hydrogens is 328 g/mol. The van der Waals surface area contributed by atoms with Gasteiger partial charge >= 0.3 is 5.97 Å². The molecule has 4 atom stereocenters. The van der Waals surface area contributed by atoms with Gasteiger partial charge in [0.25, 0.3) is 5.91 Å². The van der Waals surface area contributed by atoms with Crippen LogP contribution in [-0.4, -0.2) is 22.9 Å². The van der Waals surface area contributed by atoms with Crippen molar-refractivity contribution in [3.63, 3.8) is 0 Å². The highest BCUT2D eigenvalue weighted by molar-refractivity contribution is 7.14. The Kier molecular flexibility index (Phi) is 4.21. The number of hydrogen-bond donors (Lipinski definition) is 3. The van der Waals surface area contributed by atoms with Gasteiger partial charge in [-0.3, -0.25) is 14.4 Å². The Morgan fingerprint density at radius 1 is 1.21 bits per heavy atom. The maximum atomic E-state index is 12.8. The van der Waals surface area contributed by atoms with Crippen LogP contribution in [0.3, 0.4) is 0 Å². The smallest absolute Gasteiger partial charge is 0.307 e. The molecule has 24 heavy (non-hydrogen) atoms. The lowest BCUT2D eigenvalue weighted by molar-refractivity contribution is -0.148. The normalized spacial score (nSPS) is 28.0. The number of carbonyl (C=O) groups excluding carboxylic acids is 2. The minimum absolute atomic E-state index is 0.0295. The van der Waals surface area contributed by atoms with E-state index in [2.05, 4.69) is 5.32 Å². The molecule has 128 valence electrons. The molecule has 4 N–H and O–H groups in total. The SMILES string of the molecule is CC(C)=C1[C@H]2CC[C@H]1[C@@H](C(=O)O)[C@H]2C(=O)Nc1sccc1C(N)=O. The van der Waals surface area contributed by atoms with Gasteiger partial charge in [0.15, 0.2) is 0 Å². The summed E-state index contributed by atoms with van der Waals surface area (Å²) in [6.07, 6.45) is 1.65. The molecule has 7 heteroatoms. The van der Waals surface area contributed by atoms with Crippen molar-refractivity contribution in [2.75, 3.05) is 5.32 Å². The van der Waals surface area contributed by atoms with Crippen molar-refractivity contribution in [3.05, 3.63) is 28.2 Å². The fourth-order valence-corrected chi connectivity index (χ4v) is 5.20. The van der Waals surface area contributed by atoms with Gasteiger partial charge in [0.2, 0.25) is 5.91 Å². The van der Waals surface area contributed by atoms with Crippen LogP contribution >= 0.6 is 11.3 Å². The lowest BCUT2D eigenvalue weighted by Gasteiger charge is -2.26. The molecule has 2 bridgehead atoms. The molecule has 1 heterocycles. The monoisotopic (exact) mass is 348 g/mol. The number of allylic oxidation sites excluding steroid dienone is 2. The number of carboxylic acids is 1. The van der Waals surface area contributed by atoms with Gasteiger partial charge < -0.3 is 16.2 Å². The maximum absolute atomic E-state index is 12.8. The number of fused-ring (bicyclic) bond motifs is 2. The van der Waals surface area contributed by atoms with E-state index in [1.807, 2.05) is 13.8 Å². The van der Waals surface area contributed by atoms with Crippen LogP contribution in [0.2, 0.25) is 0 Å². The van der Waals surface area contributed by atoms with Gasteiger partial charge in [0.1, 0.15) is 5.00 Å². The van der Waals surface area contributed by atoms with E-state index in [-0.39, 0.29) is 23.3 Å². The Bertz CT molecular complexity index is 748. The number of nitrogens with one attached hydrogen (secondary N) is 1. The van der Waals surface area contributed by atoms with Crippen molar-refractivity contribution in [2.45, 2.75) is 26.7 Å². The number of thiophene rings is 1. The standard InChI is InChI=1S/C17H20N2O4S/c1-7(2)11-8-3-4-9(11)13(17(22)23)12(8)15(21)19-16-10(14(18)20)5-6-24-16/h5-6,8-9,12-13H,3-4H2,1-2H3,(H2,18,20)(H,19,21)(H,22,23)/t8-,9-,12+,13-/m1/s1. The van der Waals surface area contributed by atoms with Crippen LogP contribution in [-0.2, 0) is 9.59 Å². The summed E-state index contributed by atoms with van der Waals surface area (Å²) in [5, 5.41) is 14.4. The fraction of sp³-hybridized carbons (Fsp3) is 0.471. The predicted octanol–water partition coefficient (Wildman–Crippen LogP) is 2.48. The van der Waals surface area contributed by atoms with Crippen LogP contribution in [0.5, 0.6) is 0 Å². The third-order valence-corrected chi connectivity index (χ3v) is 6.00. The average molecular weight is 348 g/mol. The van der Waals surface area contributed by atoms with Crippen molar-refractivity contribution in [2.24, 2.45) is 29.4 Å². The zero-order chi connectivity index (χ0) is 17.6. The summed E-state index contributed by atoms with van der Waals surface area (Å²) in [5.74, 6) is -3.27. The number of aliphatic carboxylic acids is 1. The molecule has 0 saturated heterocycles. The van der Waals surface area contributed by atoms with E-state index in [1.54, 1.807) is 11.4 Å². The molecule has 2 amide bonds. The molecule has 6 nitrogen and oxygen atoms in total. The van der Waals surface area contributed by atoms with E-state index in [9.17, 15) is 19.5 Å². The van der Waals surface area contributed by atoms with Crippen molar-refractivity contribution < 1.29 is 19.5 Å². The number of rotatable bonds is 4. The summed E-state index contributed by atoms with van der Waals surface area (Å²) in [6, 6.07) is 1.56. The predicted molar refractivity (Wildman–Crippen MR) is 90.7 cm³/mol. The molecule has 2 fully saturated rings. The van der Waals surface area contributed by atoms with Crippen LogP contribution in [0.4, 0.5) is 5.00 Å². The third kappa shape index (κ3) is 2.53. The van der Waals surface area contributed by atoms with Gasteiger partial charge in [0, 0.05) is 0 Å². The molecule has 1 aromatic heterocycles. The minimum Gasteiger partial charge on any atom is -0.481 e. The fourth-order valence-electron chi connectivity index (χ4n) is 4.40. The summed E-state index contributed by atoms with van der Waals surface area (Å²) >= 11 is 1.21. The summed E-state index contributed by atoms with van der Waals surface area (Å²) in [5.41, 5.74) is 7.79.